The van der Waals surface area contributed by atoms with Crippen molar-refractivity contribution in [3.05, 3.63) is 63.5 Å². The fourth-order valence-electron chi connectivity index (χ4n) is 2.56. The summed E-state index contributed by atoms with van der Waals surface area (Å²) in [6, 6.07) is 13.8. The van der Waals surface area contributed by atoms with Gasteiger partial charge in [-0.05, 0) is 55.8 Å². The van der Waals surface area contributed by atoms with Gasteiger partial charge in [-0.25, -0.2) is 13.4 Å². The molecule has 2 heterocycles. The van der Waals surface area contributed by atoms with Crippen molar-refractivity contribution in [3.8, 4) is 23.4 Å². The predicted molar refractivity (Wildman–Crippen MR) is 104 cm³/mol. The van der Waals surface area contributed by atoms with Crippen molar-refractivity contribution in [2.24, 2.45) is 0 Å². The van der Waals surface area contributed by atoms with Gasteiger partial charge in [0.05, 0.1) is 16.2 Å². The van der Waals surface area contributed by atoms with Gasteiger partial charge in [0.1, 0.15) is 12.1 Å². The first-order valence-electron chi connectivity index (χ1n) is 7.83. The maximum atomic E-state index is 12.6. The number of rotatable bonds is 4. The molecule has 0 fully saturated rings. The second-order valence-corrected chi connectivity index (χ2v) is 8.70. The summed E-state index contributed by atoms with van der Waals surface area (Å²) in [6.07, 6.45) is 0. The highest BCUT2D eigenvalue weighted by Gasteiger charge is 2.16. The maximum absolute atomic E-state index is 12.6. The topological polar surface area (TPSA) is 107 Å². The Hall–Kier alpha value is -3.20. The summed E-state index contributed by atoms with van der Waals surface area (Å²) >= 11 is 1.37. The molecule has 0 aliphatic rings. The SMILES string of the molecule is Cc1cc(NS(=O)(=O)c2csc(C)c2)cc(-c2ccc(C#N)c(C#N)n2)c1. The van der Waals surface area contributed by atoms with Crippen molar-refractivity contribution in [1.29, 1.82) is 10.5 Å². The van der Waals surface area contributed by atoms with Gasteiger partial charge in [0.15, 0.2) is 5.69 Å². The Kier molecular flexibility index (Phi) is 4.95. The average molecular weight is 394 g/mol. The predicted octanol–water partition coefficient (Wildman–Crippen LogP) is 3.97. The van der Waals surface area contributed by atoms with Crippen LogP contribution in [0, 0.1) is 36.5 Å². The number of benzene rings is 1. The van der Waals surface area contributed by atoms with Crippen molar-refractivity contribution in [1.82, 2.24) is 4.98 Å². The first-order valence-corrected chi connectivity index (χ1v) is 10.2. The lowest BCUT2D eigenvalue weighted by molar-refractivity contribution is 0.601. The summed E-state index contributed by atoms with van der Waals surface area (Å²) in [5.41, 5.74) is 2.60. The van der Waals surface area contributed by atoms with Gasteiger partial charge in [0.25, 0.3) is 10.0 Å². The fraction of sp³-hybridized carbons (Fsp3) is 0.105. The number of aryl methyl sites for hydroxylation is 2. The minimum atomic E-state index is -3.69. The zero-order valence-corrected chi connectivity index (χ0v) is 16.1. The lowest BCUT2D eigenvalue weighted by Crippen LogP contribution is -2.12. The standard InChI is InChI=1S/C19H14N4O2S2/c1-12-5-15(18-4-3-14(9-20)19(10-21)22-18)8-16(6-12)23-27(24,25)17-7-13(2)26-11-17/h3-8,11,23H,1-2H3. The number of aromatic nitrogens is 1. The Bertz CT molecular complexity index is 1220. The highest BCUT2D eigenvalue weighted by Crippen LogP contribution is 2.27. The Morgan fingerprint density at radius 3 is 2.48 bits per heavy atom. The summed E-state index contributed by atoms with van der Waals surface area (Å²) in [4.78, 5) is 5.34. The van der Waals surface area contributed by atoms with Crippen molar-refractivity contribution in [3.63, 3.8) is 0 Å². The zero-order chi connectivity index (χ0) is 19.6. The molecular formula is C19H14N4O2S2. The number of hydrogen-bond donors (Lipinski definition) is 1. The van der Waals surface area contributed by atoms with E-state index in [1.165, 1.54) is 17.4 Å². The Balaban J connectivity index is 2.01. The van der Waals surface area contributed by atoms with Crippen LogP contribution in [0.5, 0.6) is 0 Å². The van der Waals surface area contributed by atoms with E-state index in [9.17, 15) is 8.42 Å². The van der Waals surface area contributed by atoms with Crippen molar-refractivity contribution < 1.29 is 8.42 Å². The van der Waals surface area contributed by atoms with Gasteiger partial charge in [-0.15, -0.1) is 11.3 Å². The van der Waals surface area contributed by atoms with Gasteiger partial charge in [-0.1, -0.05) is 0 Å². The van der Waals surface area contributed by atoms with Gasteiger partial charge < -0.3 is 0 Å². The minimum absolute atomic E-state index is 0.0346. The minimum Gasteiger partial charge on any atom is -0.280 e. The molecule has 0 radical (unpaired) electrons. The van der Waals surface area contributed by atoms with E-state index in [0.29, 0.717) is 16.9 Å². The van der Waals surface area contributed by atoms with Gasteiger partial charge >= 0.3 is 0 Å². The summed E-state index contributed by atoms with van der Waals surface area (Å²) in [7, 11) is -3.69. The highest BCUT2D eigenvalue weighted by atomic mass is 32.2. The van der Waals surface area contributed by atoms with Crippen LogP contribution in [0.3, 0.4) is 0 Å². The molecule has 3 rings (SSSR count). The normalized spacial score (nSPS) is 10.8. The summed E-state index contributed by atoms with van der Waals surface area (Å²) < 4.78 is 27.7. The van der Waals surface area contributed by atoms with E-state index >= 15 is 0 Å². The molecule has 0 saturated carbocycles. The molecule has 0 amide bonds. The number of hydrogen-bond acceptors (Lipinski definition) is 6. The average Bonchev–Trinajstić information content (AvgIpc) is 3.07. The number of thiophene rings is 1. The molecule has 0 aliphatic carbocycles. The van der Waals surface area contributed by atoms with Crippen LogP contribution in [0.2, 0.25) is 0 Å². The molecule has 1 aromatic carbocycles. The van der Waals surface area contributed by atoms with E-state index in [4.69, 9.17) is 10.5 Å². The third-order valence-electron chi connectivity index (χ3n) is 3.76. The number of pyridine rings is 1. The van der Waals surface area contributed by atoms with Crippen LogP contribution in [0.25, 0.3) is 11.3 Å². The third-order valence-corrected chi connectivity index (χ3v) is 6.14. The summed E-state index contributed by atoms with van der Waals surface area (Å²) in [5.74, 6) is 0. The fourth-order valence-corrected chi connectivity index (χ4v) is 4.73. The number of nitrogens with one attached hydrogen (secondary N) is 1. The third kappa shape index (κ3) is 3.98. The van der Waals surface area contributed by atoms with Crippen LogP contribution in [0.1, 0.15) is 21.7 Å². The van der Waals surface area contributed by atoms with Crippen molar-refractivity contribution in [2.45, 2.75) is 18.7 Å². The van der Waals surface area contributed by atoms with E-state index in [0.717, 1.165) is 10.4 Å². The smallest absolute Gasteiger partial charge is 0.262 e. The van der Waals surface area contributed by atoms with E-state index in [1.54, 1.807) is 29.6 Å². The van der Waals surface area contributed by atoms with E-state index in [1.807, 2.05) is 32.1 Å². The molecule has 8 heteroatoms. The van der Waals surface area contributed by atoms with Gasteiger partial charge in [0, 0.05) is 21.5 Å². The molecule has 0 bridgehead atoms. The van der Waals surface area contributed by atoms with Crippen LogP contribution >= 0.6 is 11.3 Å². The summed E-state index contributed by atoms with van der Waals surface area (Å²) in [6.45, 7) is 3.68. The molecule has 0 aliphatic heterocycles. The lowest BCUT2D eigenvalue weighted by Gasteiger charge is -2.10. The van der Waals surface area contributed by atoms with Crippen molar-refractivity contribution in [2.75, 3.05) is 4.72 Å². The Morgan fingerprint density at radius 2 is 1.85 bits per heavy atom. The number of sulfonamides is 1. The maximum Gasteiger partial charge on any atom is 0.262 e. The quantitative estimate of drug-likeness (QED) is 0.720. The molecule has 2 aromatic heterocycles. The van der Waals surface area contributed by atoms with Gasteiger partial charge in [-0.3, -0.25) is 4.72 Å². The molecule has 6 nitrogen and oxygen atoms in total. The lowest BCUT2D eigenvalue weighted by atomic mass is 10.1. The second kappa shape index (κ2) is 7.20. The molecule has 3 aromatic rings. The molecule has 1 N–H and O–H groups in total. The Morgan fingerprint density at radius 1 is 1.07 bits per heavy atom. The van der Waals surface area contributed by atoms with Crippen LogP contribution in [0.15, 0.2) is 46.7 Å². The molecule has 0 saturated heterocycles. The van der Waals surface area contributed by atoms with E-state index in [-0.39, 0.29) is 16.2 Å². The molecule has 134 valence electrons. The van der Waals surface area contributed by atoms with Crippen LogP contribution in [0.4, 0.5) is 5.69 Å². The first kappa shape index (κ1) is 18.6. The highest BCUT2D eigenvalue weighted by molar-refractivity contribution is 7.92. The van der Waals surface area contributed by atoms with Crippen LogP contribution in [-0.2, 0) is 10.0 Å². The molecule has 27 heavy (non-hydrogen) atoms. The van der Waals surface area contributed by atoms with E-state index in [2.05, 4.69) is 9.71 Å². The number of nitrogens with zero attached hydrogens (tertiary/aromatic N) is 3. The van der Waals surface area contributed by atoms with Crippen LogP contribution in [-0.4, -0.2) is 13.4 Å². The largest absolute Gasteiger partial charge is 0.280 e. The zero-order valence-electron chi connectivity index (χ0n) is 14.5. The van der Waals surface area contributed by atoms with Gasteiger partial charge in [0.2, 0.25) is 0 Å². The molecule has 0 spiro atoms. The van der Waals surface area contributed by atoms with Crippen LogP contribution < -0.4 is 4.72 Å². The molecular weight excluding hydrogens is 380 g/mol. The number of anilines is 1. The molecule has 0 atom stereocenters. The summed E-state index contributed by atoms with van der Waals surface area (Å²) in [5, 5.41) is 19.8. The monoisotopic (exact) mass is 394 g/mol. The Labute approximate surface area is 161 Å². The first-order chi connectivity index (χ1) is 12.8. The number of nitriles is 2. The van der Waals surface area contributed by atoms with Gasteiger partial charge in [-0.2, -0.15) is 10.5 Å². The molecule has 0 unspecified atom stereocenters. The van der Waals surface area contributed by atoms with Crippen molar-refractivity contribution >= 4 is 27.0 Å². The second-order valence-electron chi connectivity index (χ2n) is 5.90. The van der Waals surface area contributed by atoms with E-state index < -0.39 is 10.0 Å².